The zero-order chi connectivity index (χ0) is 22.1. The van der Waals surface area contributed by atoms with Gasteiger partial charge >= 0.3 is 6.18 Å². The van der Waals surface area contributed by atoms with Crippen LogP contribution < -0.4 is 10.6 Å². The van der Waals surface area contributed by atoms with Crippen LogP contribution in [0.4, 0.5) is 13.2 Å². The molecule has 2 N–H and O–H groups in total. The number of amides is 1. The number of ether oxygens (including phenoxy) is 1. The molecule has 1 aliphatic heterocycles. The first-order valence-electron chi connectivity index (χ1n) is 9.81. The van der Waals surface area contributed by atoms with Crippen molar-refractivity contribution in [2.75, 3.05) is 54.0 Å². The highest BCUT2D eigenvalue weighted by atomic mass is 19.4. The molecule has 1 saturated heterocycles. The molecule has 1 heterocycles. The van der Waals surface area contributed by atoms with Gasteiger partial charge in [0.25, 0.3) is 0 Å². The van der Waals surface area contributed by atoms with Gasteiger partial charge in [0.15, 0.2) is 5.96 Å². The van der Waals surface area contributed by atoms with E-state index in [0.29, 0.717) is 25.7 Å². The predicted molar refractivity (Wildman–Crippen MR) is 109 cm³/mol. The molecule has 0 saturated carbocycles. The average Bonchev–Trinajstić information content (AvgIpc) is 3.12. The first kappa shape index (κ1) is 23.9. The standard InChI is InChI=1S/C20H30F3N5O2/c1-27(2)18(29)12-25-19(24-9-11-30-3)26-17-8-10-28(14-17)13-15-4-6-16(7-5-15)20(21,22)23/h4-7,17H,8-14H2,1-3H3,(H2,24,25,26). The van der Waals surface area contributed by atoms with E-state index in [1.54, 1.807) is 21.2 Å². The van der Waals surface area contributed by atoms with E-state index in [9.17, 15) is 18.0 Å². The van der Waals surface area contributed by atoms with Gasteiger partial charge in [-0.1, -0.05) is 12.1 Å². The number of methoxy groups -OCH3 is 1. The van der Waals surface area contributed by atoms with Gasteiger partial charge in [0.2, 0.25) is 5.91 Å². The van der Waals surface area contributed by atoms with Crippen molar-refractivity contribution in [1.29, 1.82) is 0 Å². The number of guanidine groups is 1. The van der Waals surface area contributed by atoms with Crippen molar-refractivity contribution >= 4 is 11.9 Å². The SMILES string of the molecule is COCCNC(=NCC(=O)N(C)C)NC1CCN(Cc2ccc(C(F)(F)F)cc2)C1. The lowest BCUT2D eigenvalue weighted by atomic mass is 10.1. The Morgan fingerprint density at radius 3 is 2.60 bits per heavy atom. The number of likely N-dealkylation sites (N-methyl/N-ethyl adjacent to an activating group) is 1. The molecule has 30 heavy (non-hydrogen) atoms. The molecule has 1 atom stereocenters. The highest BCUT2D eigenvalue weighted by Crippen LogP contribution is 2.29. The molecule has 1 aromatic carbocycles. The monoisotopic (exact) mass is 429 g/mol. The van der Waals surface area contributed by atoms with E-state index in [-0.39, 0.29) is 18.5 Å². The number of rotatable bonds is 8. The van der Waals surface area contributed by atoms with E-state index < -0.39 is 11.7 Å². The van der Waals surface area contributed by atoms with Crippen LogP contribution in [0, 0.1) is 0 Å². The summed E-state index contributed by atoms with van der Waals surface area (Å²) >= 11 is 0. The summed E-state index contributed by atoms with van der Waals surface area (Å²) < 4.78 is 43.1. The fourth-order valence-corrected chi connectivity index (χ4v) is 3.06. The van der Waals surface area contributed by atoms with E-state index in [1.807, 2.05) is 0 Å². The third kappa shape index (κ3) is 7.83. The number of nitrogens with zero attached hydrogens (tertiary/aromatic N) is 3. The molecule has 0 aromatic heterocycles. The van der Waals surface area contributed by atoms with Crippen LogP contribution in [-0.4, -0.2) is 81.7 Å². The van der Waals surface area contributed by atoms with Gasteiger partial charge in [-0.05, 0) is 24.1 Å². The molecule has 0 radical (unpaired) electrons. The minimum Gasteiger partial charge on any atom is -0.383 e. The van der Waals surface area contributed by atoms with Gasteiger partial charge in [-0.15, -0.1) is 0 Å². The Labute approximate surface area is 175 Å². The Bertz CT molecular complexity index is 707. The van der Waals surface area contributed by atoms with E-state index >= 15 is 0 Å². The Balaban J connectivity index is 1.89. The third-order valence-corrected chi connectivity index (χ3v) is 4.77. The van der Waals surface area contributed by atoms with Crippen molar-refractivity contribution in [2.45, 2.75) is 25.2 Å². The van der Waals surface area contributed by atoms with E-state index in [4.69, 9.17) is 4.74 Å². The number of alkyl halides is 3. The number of nitrogens with one attached hydrogen (secondary N) is 2. The molecule has 0 bridgehead atoms. The van der Waals surface area contributed by atoms with E-state index in [1.165, 1.54) is 17.0 Å². The lowest BCUT2D eigenvalue weighted by Crippen LogP contribution is -2.46. The zero-order valence-corrected chi connectivity index (χ0v) is 17.6. The smallest absolute Gasteiger partial charge is 0.383 e. The molecule has 2 rings (SSSR count). The Hall–Kier alpha value is -2.33. The molecule has 1 unspecified atom stereocenters. The molecule has 1 fully saturated rings. The van der Waals surface area contributed by atoms with Gasteiger partial charge < -0.3 is 20.3 Å². The number of carbonyl (C=O) groups excluding carboxylic acids is 1. The first-order chi connectivity index (χ1) is 14.2. The summed E-state index contributed by atoms with van der Waals surface area (Å²) in [6.45, 7) is 3.23. The summed E-state index contributed by atoms with van der Waals surface area (Å²) in [6.07, 6.45) is -3.45. The number of benzene rings is 1. The van der Waals surface area contributed by atoms with Crippen LogP contribution in [-0.2, 0) is 22.3 Å². The Morgan fingerprint density at radius 2 is 2.00 bits per heavy atom. The Kier molecular flexibility index (Phi) is 8.91. The van der Waals surface area contributed by atoms with Crippen LogP contribution in [0.5, 0.6) is 0 Å². The molecule has 1 aliphatic rings. The molecule has 0 spiro atoms. The molecule has 1 amide bonds. The molecule has 10 heteroatoms. The summed E-state index contributed by atoms with van der Waals surface area (Å²) in [7, 11) is 4.97. The summed E-state index contributed by atoms with van der Waals surface area (Å²) in [5.41, 5.74) is 0.204. The largest absolute Gasteiger partial charge is 0.416 e. The van der Waals surface area contributed by atoms with Gasteiger partial charge in [0, 0.05) is 53.4 Å². The highest BCUT2D eigenvalue weighted by Gasteiger charge is 2.30. The Morgan fingerprint density at radius 1 is 1.30 bits per heavy atom. The first-order valence-corrected chi connectivity index (χ1v) is 9.81. The maximum Gasteiger partial charge on any atom is 0.416 e. The number of likely N-dealkylation sites (tertiary alicyclic amines) is 1. The maximum absolute atomic E-state index is 12.7. The fourth-order valence-electron chi connectivity index (χ4n) is 3.06. The lowest BCUT2D eigenvalue weighted by Gasteiger charge is -2.19. The van der Waals surface area contributed by atoms with Crippen molar-refractivity contribution in [2.24, 2.45) is 4.99 Å². The highest BCUT2D eigenvalue weighted by molar-refractivity contribution is 5.84. The number of hydrogen-bond donors (Lipinski definition) is 2. The van der Waals surface area contributed by atoms with Gasteiger partial charge in [0.1, 0.15) is 6.54 Å². The fraction of sp³-hybridized carbons (Fsp3) is 0.600. The van der Waals surface area contributed by atoms with Crippen LogP contribution in [0.3, 0.4) is 0 Å². The molecule has 0 aliphatic carbocycles. The lowest BCUT2D eigenvalue weighted by molar-refractivity contribution is -0.137. The summed E-state index contributed by atoms with van der Waals surface area (Å²) in [5.74, 6) is 0.446. The second-order valence-corrected chi connectivity index (χ2v) is 7.43. The molecule has 168 valence electrons. The van der Waals surface area contributed by atoms with E-state index in [0.717, 1.165) is 37.2 Å². The predicted octanol–water partition coefficient (Wildman–Crippen LogP) is 1.55. The summed E-state index contributed by atoms with van der Waals surface area (Å²) in [5, 5.41) is 6.48. The number of halogens is 3. The summed E-state index contributed by atoms with van der Waals surface area (Å²) in [6, 6.07) is 5.41. The number of hydrogen-bond acceptors (Lipinski definition) is 4. The summed E-state index contributed by atoms with van der Waals surface area (Å²) in [4.78, 5) is 19.8. The van der Waals surface area contributed by atoms with Gasteiger partial charge in [-0.25, -0.2) is 4.99 Å². The molecular formula is C20H30F3N5O2. The van der Waals surface area contributed by atoms with Gasteiger partial charge in [-0.2, -0.15) is 13.2 Å². The third-order valence-electron chi connectivity index (χ3n) is 4.77. The van der Waals surface area contributed by atoms with Gasteiger partial charge in [0.05, 0.1) is 12.2 Å². The minimum atomic E-state index is -4.32. The van der Waals surface area contributed by atoms with Crippen molar-refractivity contribution in [3.63, 3.8) is 0 Å². The van der Waals surface area contributed by atoms with Crippen molar-refractivity contribution in [3.05, 3.63) is 35.4 Å². The normalized spacial score (nSPS) is 17.8. The van der Waals surface area contributed by atoms with Crippen LogP contribution in [0.2, 0.25) is 0 Å². The van der Waals surface area contributed by atoms with Crippen molar-refractivity contribution in [3.8, 4) is 0 Å². The van der Waals surface area contributed by atoms with Crippen LogP contribution in [0.15, 0.2) is 29.3 Å². The number of carbonyl (C=O) groups is 1. The van der Waals surface area contributed by atoms with E-state index in [2.05, 4.69) is 20.5 Å². The van der Waals surface area contributed by atoms with Gasteiger partial charge in [-0.3, -0.25) is 9.69 Å². The van der Waals surface area contributed by atoms with Crippen LogP contribution in [0.25, 0.3) is 0 Å². The van der Waals surface area contributed by atoms with Crippen LogP contribution >= 0.6 is 0 Å². The molecular weight excluding hydrogens is 399 g/mol. The zero-order valence-electron chi connectivity index (χ0n) is 17.6. The quantitative estimate of drug-likeness (QED) is 0.373. The topological polar surface area (TPSA) is 69.2 Å². The molecule has 7 nitrogen and oxygen atoms in total. The molecule has 1 aromatic rings. The second-order valence-electron chi connectivity index (χ2n) is 7.43. The average molecular weight is 429 g/mol. The van der Waals surface area contributed by atoms with Crippen molar-refractivity contribution < 1.29 is 22.7 Å². The second kappa shape index (κ2) is 11.2. The van der Waals surface area contributed by atoms with Crippen molar-refractivity contribution in [1.82, 2.24) is 20.4 Å². The minimum absolute atomic E-state index is 0.0390. The van der Waals surface area contributed by atoms with Crippen LogP contribution in [0.1, 0.15) is 17.5 Å². The number of aliphatic imine (C=N–C) groups is 1. The maximum atomic E-state index is 12.7.